The lowest BCUT2D eigenvalue weighted by Gasteiger charge is -2.41. The first-order chi connectivity index (χ1) is 21.4. The van der Waals surface area contributed by atoms with Crippen LogP contribution in [-0.2, 0) is 32.2 Å². The number of carbonyl (C=O) groups excluding carboxylic acids is 1. The van der Waals surface area contributed by atoms with E-state index in [9.17, 15) is 14.7 Å². The van der Waals surface area contributed by atoms with Crippen LogP contribution in [-0.4, -0.2) is 43.9 Å². The molecule has 0 saturated carbocycles. The van der Waals surface area contributed by atoms with Gasteiger partial charge in [0.15, 0.2) is 11.4 Å². The summed E-state index contributed by atoms with van der Waals surface area (Å²) in [5, 5.41) is 21.9. The molecular weight excluding hydrogens is 578 g/mol. The van der Waals surface area contributed by atoms with E-state index in [2.05, 4.69) is 22.2 Å². The summed E-state index contributed by atoms with van der Waals surface area (Å²) in [4.78, 5) is 31.6. The van der Waals surface area contributed by atoms with E-state index in [1.165, 1.54) is 0 Å². The van der Waals surface area contributed by atoms with Gasteiger partial charge in [0, 0.05) is 42.6 Å². The van der Waals surface area contributed by atoms with E-state index in [4.69, 9.17) is 14.6 Å². The van der Waals surface area contributed by atoms with Crippen LogP contribution >= 0.6 is 11.8 Å². The molecule has 1 aliphatic heterocycles. The summed E-state index contributed by atoms with van der Waals surface area (Å²) in [5.41, 5.74) is 5.60. The molecule has 0 bridgehead atoms. The molecule has 0 radical (unpaired) electrons. The summed E-state index contributed by atoms with van der Waals surface area (Å²) in [7, 11) is 0. The number of hydrogen-bond acceptors (Lipinski definition) is 8. The van der Waals surface area contributed by atoms with Gasteiger partial charge in [0.05, 0.1) is 25.2 Å². The fourth-order valence-electron chi connectivity index (χ4n) is 5.11. The SMILES string of the molecule is CC1C(CSc2ncccn2)OC(c2ccc(-c3ccccc3CNC(=O)CCC(=O)O)cc2)OC1c1ccc(CO)cc1. The van der Waals surface area contributed by atoms with E-state index in [-0.39, 0.29) is 43.5 Å². The number of amides is 1. The summed E-state index contributed by atoms with van der Waals surface area (Å²) < 4.78 is 13.1. The summed E-state index contributed by atoms with van der Waals surface area (Å²) in [5.74, 6) is -0.605. The normalized spacial score (nSPS) is 19.8. The second kappa shape index (κ2) is 15.1. The van der Waals surface area contributed by atoms with Gasteiger partial charge in [-0.15, -0.1) is 0 Å². The first-order valence-corrected chi connectivity index (χ1v) is 15.5. The van der Waals surface area contributed by atoms with Crippen molar-refractivity contribution in [2.75, 3.05) is 5.75 Å². The van der Waals surface area contributed by atoms with Gasteiger partial charge in [0.1, 0.15) is 0 Å². The van der Waals surface area contributed by atoms with Gasteiger partial charge in [-0.3, -0.25) is 9.59 Å². The molecule has 1 saturated heterocycles. The monoisotopic (exact) mass is 613 g/mol. The van der Waals surface area contributed by atoms with Crippen molar-refractivity contribution in [2.24, 2.45) is 5.92 Å². The quantitative estimate of drug-likeness (QED) is 0.136. The first-order valence-electron chi connectivity index (χ1n) is 14.5. The maximum absolute atomic E-state index is 12.1. The fourth-order valence-corrected chi connectivity index (χ4v) is 6.07. The highest BCUT2D eigenvalue weighted by Gasteiger charge is 2.38. The lowest BCUT2D eigenvalue weighted by molar-refractivity contribution is -0.268. The number of hydrogen-bond donors (Lipinski definition) is 3. The van der Waals surface area contributed by atoms with Crippen molar-refractivity contribution < 1.29 is 29.3 Å². The maximum Gasteiger partial charge on any atom is 0.303 e. The smallest absolute Gasteiger partial charge is 0.303 e. The molecule has 3 aromatic carbocycles. The molecule has 4 unspecified atom stereocenters. The number of carbonyl (C=O) groups is 2. The molecule has 1 amide bonds. The number of rotatable bonds is 12. The zero-order valence-electron chi connectivity index (χ0n) is 24.3. The predicted octanol–water partition coefficient (Wildman–Crippen LogP) is 5.70. The highest BCUT2D eigenvalue weighted by molar-refractivity contribution is 7.99. The molecule has 1 aromatic heterocycles. The molecule has 1 fully saturated rings. The maximum atomic E-state index is 12.1. The Kier molecular flexibility index (Phi) is 10.7. The first kappa shape index (κ1) is 31.3. The number of carboxylic acid groups (broad SMARTS) is 1. The van der Waals surface area contributed by atoms with Gasteiger partial charge in [0.2, 0.25) is 5.91 Å². The topological polar surface area (TPSA) is 131 Å². The Hall–Kier alpha value is -4.09. The molecule has 44 heavy (non-hydrogen) atoms. The van der Waals surface area contributed by atoms with Crippen molar-refractivity contribution in [1.82, 2.24) is 15.3 Å². The standard InChI is InChI=1S/C34H35N3O6S/c1-22-29(21-44-34-35-17-4-18-36-34)42-33(43-32(22)25-9-7-23(20-38)8-10-25)26-13-11-24(12-14-26)28-6-3-2-5-27(28)19-37-30(39)15-16-31(40)41/h2-14,17-18,22,29,32-33,38H,15-16,19-21H2,1H3,(H,37,39)(H,40,41). The molecule has 9 nitrogen and oxygen atoms in total. The van der Waals surface area contributed by atoms with Gasteiger partial charge in [-0.25, -0.2) is 9.97 Å². The predicted molar refractivity (Wildman–Crippen MR) is 166 cm³/mol. The number of aliphatic carboxylic acids is 1. The van der Waals surface area contributed by atoms with Crippen molar-refractivity contribution in [2.45, 2.75) is 56.6 Å². The van der Waals surface area contributed by atoms with E-state index < -0.39 is 12.3 Å². The number of benzene rings is 3. The second-order valence-electron chi connectivity index (χ2n) is 10.6. The lowest BCUT2D eigenvalue weighted by atomic mass is 9.91. The number of aliphatic hydroxyl groups excluding tert-OH is 1. The third-order valence-electron chi connectivity index (χ3n) is 7.60. The van der Waals surface area contributed by atoms with Crippen molar-refractivity contribution in [3.63, 3.8) is 0 Å². The van der Waals surface area contributed by atoms with Crippen molar-refractivity contribution >= 4 is 23.6 Å². The molecule has 5 rings (SSSR count). The van der Waals surface area contributed by atoms with Crippen LogP contribution in [0.25, 0.3) is 11.1 Å². The summed E-state index contributed by atoms with van der Waals surface area (Å²) >= 11 is 1.55. The number of nitrogens with zero attached hydrogens (tertiary/aromatic N) is 2. The van der Waals surface area contributed by atoms with E-state index >= 15 is 0 Å². The average Bonchev–Trinajstić information content (AvgIpc) is 3.06. The number of aromatic nitrogens is 2. The van der Waals surface area contributed by atoms with Gasteiger partial charge >= 0.3 is 5.97 Å². The molecule has 0 spiro atoms. The lowest BCUT2D eigenvalue weighted by Crippen LogP contribution is -2.38. The third-order valence-corrected chi connectivity index (χ3v) is 8.56. The number of aliphatic hydroxyl groups is 1. The van der Waals surface area contributed by atoms with E-state index in [0.717, 1.165) is 33.4 Å². The van der Waals surface area contributed by atoms with Crippen LogP contribution in [0.15, 0.2) is 96.4 Å². The van der Waals surface area contributed by atoms with Crippen LogP contribution in [0, 0.1) is 5.92 Å². The molecular formula is C34H35N3O6S. The Morgan fingerprint density at radius 1 is 0.886 bits per heavy atom. The van der Waals surface area contributed by atoms with Crippen LogP contribution in [0.4, 0.5) is 0 Å². The van der Waals surface area contributed by atoms with Crippen LogP contribution in [0.5, 0.6) is 0 Å². The number of carboxylic acids is 1. The number of nitrogens with one attached hydrogen (secondary N) is 1. The Morgan fingerprint density at radius 3 is 2.30 bits per heavy atom. The summed E-state index contributed by atoms with van der Waals surface area (Å²) in [6.07, 6.45) is 2.22. The van der Waals surface area contributed by atoms with Gasteiger partial charge in [-0.1, -0.05) is 91.5 Å². The minimum absolute atomic E-state index is 0.0179. The third kappa shape index (κ3) is 8.09. The Labute approximate surface area is 260 Å². The van der Waals surface area contributed by atoms with Crippen LogP contribution in [0.2, 0.25) is 0 Å². The van der Waals surface area contributed by atoms with E-state index in [1.807, 2.05) is 72.8 Å². The van der Waals surface area contributed by atoms with Gasteiger partial charge in [-0.2, -0.15) is 0 Å². The number of thioether (sulfide) groups is 1. The minimum Gasteiger partial charge on any atom is -0.481 e. The number of ether oxygens (including phenoxy) is 2. The Bertz CT molecular complexity index is 1540. The second-order valence-corrected chi connectivity index (χ2v) is 11.6. The average molecular weight is 614 g/mol. The van der Waals surface area contributed by atoms with Crippen LogP contribution < -0.4 is 5.32 Å². The zero-order valence-corrected chi connectivity index (χ0v) is 25.2. The highest BCUT2D eigenvalue weighted by atomic mass is 32.2. The van der Waals surface area contributed by atoms with Crippen LogP contribution in [0.3, 0.4) is 0 Å². The van der Waals surface area contributed by atoms with Crippen LogP contribution in [0.1, 0.15) is 54.4 Å². The van der Waals surface area contributed by atoms with Gasteiger partial charge in [-0.05, 0) is 33.9 Å². The minimum atomic E-state index is -0.998. The van der Waals surface area contributed by atoms with E-state index in [0.29, 0.717) is 17.5 Å². The summed E-state index contributed by atoms with van der Waals surface area (Å²) in [6, 6.07) is 25.4. The Morgan fingerprint density at radius 2 is 1.59 bits per heavy atom. The zero-order chi connectivity index (χ0) is 30.9. The van der Waals surface area contributed by atoms with Gasteiger partial charge < -0.3 is 25.0 Å². The van der Waals surface area contributed by atoms with E-state index in [1.54, 1.807) is 30.2 Å². The molecule has 0 aliphatic carbocycles. The summed E-state index contributed by atoms with van der Waals surface area (Å²) in [6.45, 7) is 2.40. The van der Waals surface area contributed by atoms with Crippen molar-refractivity contribution in [3.05, 3.63) is 114 Å². The Balaban J connectivity index is 1.34. The fraction of sp³-hybridized carbons (Fsp3) is 0.294. The largest absolute Gasteiger partial charge is 0.481 e. The molecule has 4 atom stereocenters. The highest BCUT2D eigenvalue weighted by Crippen LogP contribution is 2.43. The molecule has 1 aliphatic rings. The molecule has 228 valence electrons. The molecule has 4 aromatic rings. The van der Waals surface area contributed by atoms with Crippen molar-refractivity contribution in [3.8, 4) is 11.1 Å². The molecule has 10 heteroatoms. The molecule has 2 heterocycles. The molecule has 3 N–H and O–H groups in total. The van der Waals surface area contributed by atoms with Gasteiger partial charge in [0.25, 0.3) is 0 Å². The van der Waals surface area contributed by atoms with Crippen molar-refractivity contribution in [1.29, 1.82) is 0 Å².